The van der Waals surface area contributed by atoms with E-state index in [4.69, 9.17) is 15.2 Å². The van der Waals surface area contributed by atoms with Gasteiger partial charge in [-0.05, 0) is 48.4 Å². The van der Waals surface area contributed by atoms with Crippen LogP contribution >= 0.6 is 0 Å². The third kappa shape index (κ3) is 3.05. The molecule has 2 N–H and O–H groups in total. The molecule has 0 aromatic heterocycles. The number of methoxy groups -OCH3 is 1. The summed E-state index contributed by atoms with van der Waals surface area (Å²) < 4.78 is 10.8. The largest absolute Gasteiger partial charge is 0.493 e. The third-order valence-electron chi connectivity index (χ3n) is 4.51. The average Bonchev–Trinajstić information content (AvgIpc) is 2.75. The fourth-order valence-electron chi connectivity index (χ4n) is 3.19. The van der Waals surface area contributed by atoms with Crippen molar-refractivity contribution in [3.05, 3.63) is 29.8 Å². The summed E-state index contributed by atoms with van der Waals surface area (Å²) in [6.45, 7) is 4.75. The topological polar surface area (TPSA) is 77.1 Å². The predicted octanol–water partition coefficient (Wildman–Crippen LogP) is 3.10. The van der Waals surface area contributed by atoms with Crippen LogP contribution in [0.15, 0.2) is 29.3 Å². The molecular weight excluding hydrogens is 318 g/mol. The zero-order chi connectivity index (χ0) is 18.0. The molecule has 1 amide bonds. The lowest BCUT2D eigenvalue weighted by molar-refractivity contribution is 0.0738. The maximum Gasteiger partial charge on any atom is 0.256 e. The normalized spacial score (nSPS) is 16.7. The molecule has 0 bridgehead atoms. The van der Waals surface area contributed by atoms with E-state index in [9.17, 15) is 4.79 Å². The van der Waals surface area contributed by atoms with Crippen LogP contribution in [0, 0.1) is 0 Å². The molecule has 1 aliphatic heterocycles. The number of benzene rings is 2. The Kier molecular flexibility index (Phi) is 4.90. The van der Waals surface area contributed by atoms with Gasteiger partial charge in [-0.1, -0.05) is 6.92 Å². The van der Waals surface area contributed by atoms with Gasteiger partial charge in [-0.3, -0.25) is 15.5 Å². The Morgan fingerprint density at radius 3 is 2.52 bits per heavy atom. The number of rotatable bonds is 5. The molecule has 0 radical (unpaired) electrons. The second-order valence-corrected chi connectivity index (χ2v) is 5.88. The number of aliphatic imine (C=N–C) groups is 1. The number of amides is 1. The third-order valence-corrected chi connectivity index (χ3v) is 4.51. The van der Waals surface area contributed by atoms with E-state index in [1.807, 2.05) is 42.3 Å². The summed E-state index contributed by atoms with van der Waals surface area (Å²) in [4.78, 5) is 19.4. The number of ether oxygens (including phenoxy) is 2. The molecule has 0 saturated carbocycles. The Bertz CT molecular complexity index is 832. The number of fused-ring (bicyclic) bond motifs is 2. The molecule has 1 aliphatic rings. The van der Waals surface area contributed by atoms with Crippen LogP contribution < -0.4 is 15.2 Å². The van der Waals surface area contributed by atoms with E-state index >= 15 is 0 Å². The molecule has 2 aromatic carbocycles. The lowest BCUT2D eigenvalue weighted by Gasteiger charge is -2.26. The van der Waals surface area contributed by atoms with E-state index in [1.54, 1.807) is 7.11 Å². The number of nitrogens with zero attached hydrogens (tertiary/aromatic N) is 2. The highest BCUT2D eigenvalue weighted by Crippen LogP contribution is 2.36. The Morgan fingerprint density at radius 2 is 1.88 bits per heavy atom. The van der Waals surface area contributed by atoms with Crippen LogP contribution in [0.1, 0.15) is 30.6 Å². The Balaban J connectivity index is 2.18. The molecule has 2 aromatic rings. The van der Waals surface area contributed by atoms with E-state index in [-0.39, 0.29) is 18.7 Å². The van der Waals surface area contributed by atoms with Gasteiger partial charge in [-0.2, -0.15) is 0 Å². The van der Waals surface area contributed by atoms with Crippen molar-refractivity contribution in [2.45, 2.75) is 26.3 Å². The lowest BCUT2D eigenvalue weighted by atomic mass is 10.0. The van der Waals surface area contributed by atoms with Crippen molar-refractivity contribution < 1.29 is 14.3 Å². The van der Waals surface area contributed by atoms with E-state index in [0.717, 1.165) is 17.2 Å². The van der Waals surface area contributed by atoms with Crippen LogP contribution in [0.4, 0.5) is 5.69 Å². The van der Waals surface area contributed by atoms with E-state index in [0.29, 0.717) is 29.3 Å². The van der Waals surface area contributed by atoms with Crippen LogP contribution in [0.25, 0.3) is 10.8 Å². The van der Waals surface area contributed by atoms with E-state index in [1.165, 1.54) is 0 Å². The standard InChI is InChI=1S/C19H23N3O3/c1-4-14-10-21-16-7-13-9-18(25-11-20)17(24-3)8-12(13)6-15(16)19(23)22(14)5-2/h6-10,14H,4-5,11,20H2,1-3H3. The van der Waals surface area contributed by atoms with Gasteiger partial charge >= 0.3 is 0 Å². The first-order chi connectivity index (χ1) is 12.1. The summed E-state index contributed by atoms with van der Waals surface area (Å²) in [6, 6.07) is 7.52. The molecule has 6 heteroatoms. The minimum atomic E-state index is 0.00463. The van der Waals surface area contributed by atoms with Gasteiger partial charge in [-0.15, -0.1) is 0 Å². The minimum absolute atomic E-state index is 0.00463. The molecular formula is C19H23N3O3. The van der Waals surface area contributed by atoms with Crippen molar-refractivity contribution in [1.29, 1.82) is 0 Å². The van der Waals surface area contributed by atoms with Gasteiger partial charge < -0.3 is 14.4 Å². The molecule has 0 saturated heterocycles. The first-order valence-corrected chi connectivity index (χ1v) is 8.46. The van der Waals surface area contributed by atoms with E-state index < -0.39 is 0 Å². The van der Waals surface area contributed by atoms with Crippen molar-refractivity contribution in [2.24, 2.45) is 10.7 Å². The summed E-state index contributed by atoms with van der Waals surface area (Å²) in [6.07, 6.45) is 2.69. The number of hydrogen-bond acceptors (Lipinski definition) is 5. The summed E-state index contributed by atoms with van der Waals surface area (Å²) in [5.41, 5.74) is 6.77. The van der Waals surface area contributed by atoms with Crippen molar-refractivity contribution in [3.8, 4) is 11.5 Å². The van der Waals surface area contributed by atoms with Gasteiger partial charge in [0.1, 0.15) is 6.73 Å². The lowest BCUT2D eigenvalue weighted by Crippen LogP contribution is -2.39. The Morgan fingerprint density at radius 1 is 1.16 bits per heavy atom. The Hall–Kier alpha value is -2.60. The van der Waals surface area contributed by atoms with Crippen LogP contribution in [-0.2, 0) is 0 Å². The quantitative estimate of drug-likeness (QED) is 0.848. The maximum atomic E-state index is 13.0. The van der Waals surface area contributed by atoms with Gasteiger partial charge in [0.25, 0.3) is 5.91 Å². The number of carbonyl (C=O) groups excluding carboxylic acids is 1. The molecule has 0 spiro atoms. The SMILES string of the molecule is CCC1C=Nc2cc3cc(OCN)c(OC)cc3cc2C(=O)N1CC. The Labute approximate surface area is 147 Å². The van der Waals surface area contributed by atoms with E-state index in [2.05, 4.69) is 11.9 Å². The number of hydrogen-bond donors (Lipinski definition) is 1. The van der Waals surface area contributed by atoms with Crippen molar-refractivity contribution >= 4 is 28.6 Å². The number of nitrogens with two attached hydrogens (primary N) is 1. The first-order valence-electron chi connectivity index (χ1n) is 8.46. The summed E-state index contributed by atoms with van der Waals surface area (Å²) in [5, 5.41) is 1.82. The highest BCUT2D eigenvalue weighted by atomic mass is 16.5. The maximum absolute atomic E-state index is 13.0. The molecule has 3 rings (SSSR count). The summed E-state index contributed by atoms with van der Waals surface area (Å²) >= 11 is 0. The number of carbonyl (C=O) groups is 1. The fraction of sp³-hybridized carbons (Fsp3) is 0.368. The van der Waals surface area contributed by atoms with Gasteiger partial charge in [0.05, 0.1) is 24.4 Å². The molecule has 0 fully saturated rings. The minimum Gasteiger partial charge on any atom is -0.493 e. The van der Waals surface area contributed by atoms with Crippen molar-refractivity contribution in [1.82, 2.24) is 4.90 Å². The fourth-order valence-corrected chi connectivity index (χ4v) is 3.19. The van der Waals surface area contributed by atoms with Gasteiger partial charge in [-0.25, -0.2) is 0 Å². The zero-order valence-corrected chi connectivity index (χ0v) is 14.8. The smallest absolute Gasteiger partial charge is 0.256 e. The summed E-state index contributed by atoms with van der Waals surface area (Å²) in [5.74, 6) is 1.16. The second-order valence-electron chi connectivity index (χ2n) is 5.88. The summed E-state index contributed by atoms with van der Waals surface area (Å²) in [7, 11) is 1.58. The molecule has 1 heterocycles. The molecule has 0 aliphatic carbocycles. The highest BCUT2D eigenvalue weighted by molar-refractivity contribution is 6.06. The average molecular weight is 341 g/mol. The van der Waals surface area contributed by atoms with Gasteiger partial charge in [0.2, 0.25) is 0 Å². The molecule has 1 atom stereocenters. The zero-order valence-electron chi connectivity index (χ0n) is 14.8. The van der Waals surface area contributed by atoms with Crippen LogP contribution in [0.2, 0.25) is 0 Å². The monoisotopic (exact) mass is 341 g/mol. The predicted molar refractivity (Wildman–Crippen MR) is 99.1 cm³/mol. The van der Waals surface area contributed by atoms with Crippen LogP contribution in [-0.4, -0.2) is 43.4 Å². The van der Waals surface area contributed by atoms with Crippen molar-refractivity contribution in [2.75, 3.05) is 20.4 Å². The van der Waals surface area contributed by atoms with Crippen molar-refractivity contribution in [3.63, 3.8) is 0 Å². The van der Waals surface area contributed by atoms with Gasteiger partial charge in [0, 0.05) is 12.8 Å². The molecule has 25 heavy (non-hydrogen) atoms. The van der Waals surface area contributed by atoms with Crippen LogP contribution in [0.5, 0.6) is 11.5 Å². The second kappa shape index (κ2) is 7.11. The molecule has 6 nitrogen and oxygen atoms in total. The van der Waals surface area contributed by atoms with Crippen LogP contribution in [0.3, 0.4) is 0 Å². The molecule has 132 valence electrons. The van der Waals surface area contributed by atoms with Gasteiger partial charge in [0.15, 0.2) is 11.5 Å². The first kappa shape index (κ1) is 17.2. The molecule has 1 unspecified atom stereocenters. The highest BCUT2D eigenvalue weighted by Gasteiger charge is 2.26.